The van der Waals surface area contributed by atoms with Crippen LogP contribution in [0.1, 0.15) is 30.4 Å². The highest BCUT2D eigenvalue weighted by Crippen LogP contribution is 2.36. The SMILES string of the molecule is CNC(=O)[C@@]1(Cc2ccc(-c3ccsc3)cc2)CCN(C(=O)[C@H](C)c2ccccc2)C1. The van der Waals surface area contributed by atoms with Gasteiger partial charge in [0.15, 0.2) is 0 Å². The molecule has 1 N–H and O–H groups in total. The van der Waals surface area contributed by atoms with Crippen LogP contribution in [0.25, 0.3) is 11.1 Å². The van der Waals surface area contributed by atoms with E-state index in [4.69, 9.17) is 0 Å². The molecule has 4 nitrogen and oxygen atoms in total. The van der Waals surface area contributed by atoms with Crippen molar-refractivity contribution in [2.24, 2.45) is 5.41 Å². The molecular formula is C26H28N2O2S. The van der Waals surface area contributed by atoms with Crippen molar-refractivity contribution in [1.29, 1.82) is 0 Å². The summed E-state index contributed by atoms with van der Waals surface area (Å²) in [5.74, 6) is -0.117. The Bertz CT molecular complexity index is 1030. The van der Waals surface area contributed by atoms with Gasteiger partial charge in [0.1, 0.15) is 0 Å². The second kappa shape index (κ2) is 9.06. The second-order valence-corrected chi connectivity index (χ2v) is 9.17. The molecule has 2 amide bonds. The number of hydrogen-bond donors (Lipinski definition) is 1. The highest BCUT2D eigenvalue weighted by atomic mass is 32.1. The van der Waals surface area contributed by atoms with Gasteiger partial charge in [0.25, 0.3) is 0 Å². The number of amides is 2. The maximum atomic E-state index is 13.2. The number of benzene rings is 2. The van der Waals surface area contributed by atoms with Gasteiger partial charge in [-0.05, 0) is 58.8 Å². The summed E-state index contributed by atoms with van der Waals surface area (Å²) in [5, 5.41) is 7.05. The van der Waals surface area contributed by atoms with Crippen LogP contribution < -0.4 is 5.32 Å². The Hall–Kier alpha value is -2.92. The minimum absolute atomic E-state index is 0.0112. The van der Waals surface area contributed by atoms with E-state index in [2.05, 4.69) is 46.4 Å². The number of thiophene rings is 1. The highest BCUT2D eigenvalue weighted by molar-refractivity contribution is 7.08. The van der Waals surface area contributed by atoms with Gasteiger partial charge in [-0.2, -0.15) is 11.3 Å². The Labute approximate surface area is 187 Å². The normalized spacial score (nSPS) is 19.2. The summed E-state index contributed by atoms with van der Waals surface area (Å²) >= 11 is 1.68. The largest absolute Gasteiger partial charge is 0.359 e. The third kappa shape index (κ3) is 4.42. The molecule has 0 spiro atoms. The third-order valence-electron chi connectivity index (χ3n) is 6.40. The summed E-state index contributed by atoms with van der Waals surface area (Å²) in [6.07, 6.45) is 1.30. The van der Waals surface area contributed by atoms with E-state index in [1.54, 1.807) is 18.4 Å². The molecule has 2 heterocycles. The van der Waals surface area contributed by atoms with Crippen molar-refractivity contribution in [3.05, 3.63) is 82.6 Å². The first-order chi connectivity index (χ1) is 15.0. The minimum atomic E-state index is -0.593. The number of nitrogens with one attached hydrogen (secondary N) is 1. The van der Waals surface area contributed by atoms with Crippen LogP contribution in [0.15, 0.2) is 71.4 Å². The van der Waals surface area contributed by atoms with E-state index >= 15 is 0 Å². The number of carbonyl (C=O) groups is 2. The lowest BCUT2D eigenvalue weighted by Crippen LogP contribution is -2.44. The van der Waals surface area contributed by atoms with Crippen LogP contribution >= 0.6 is 11.3 Å². The summed E-state index contributed by atoms with van der Waals surface area (Å²) in [6.45, 7) is 3.01. The second-order valence-electron chi connectivity index (χ2n) is 8.39. The molecule has 1 aliphatic rings. The summed E-state index contributed by atoms with van der Waals surface area (Å²) in [7, 11) is 1.68. The number of nitrogens with zero attached hydrogens (tertiary/aromatic N) is 1. The Kier molecular flexibility index (Phi) is 6.23. The maximum Gasteiger partial charge on any atom is 0.229 e. The molecule has 3 aromatic rings. The Morgan fingerprint density at radius 2 is 1.81 bits per heavy atom. The van der Waals surface area contributed by atoms with Crippen molar-refractivity contribution >= 4 is 23.2 Å². The average Bonchev–Trinajstić information content (AvgIpc) is 3.50. The van der Waals surface area contributed by atoms with Gasteiger partial charge >= 0.3 is 0 Å². The predicted octanol–water partition coefficient (Wildman–Crippen LogP) is 4.73. The smallest absolute Gasteiger partial charge is 0.229 e. The summed E-state index contributed by atoms with van der Waals surface area (Å²) in [4.78, 5) is 28.0. The summed E-state index contributed by atoms with van der Waals surface area (Å²) < 4.78 is 0. The summed E-state index contributed by atoms with van der Waals surface area (Å²) in [5.41, 5.74) is 3.93. The molecule has 1 fully saturated rings. The highest BCUT2D eigenvalue weighted by Gasteiger charge is 2.46. The fourth-order valence-corrected chi connectivity index (χ4v) is 5.19. The predicted molar refractivity (Wildman–Crippen MR) is 126 cm³/mol. The van der Waals surface area contributed by atoms with Gasteiger partial charge in [-0.1, -0.05) is 54.6 Å². The molecule has 1 aromatic heterocycles. The molecule has 1 aliphatic heterocycles. The quantitative estimate of drug-likeness (QED) is 0.612. The third-order valence-corrected chi connectivity index (χ3v) is 7.08. The molecule has 1 saturated heterocycles. The van der Waals surface area contributed by atoms with Crippen molar-refractivity contribution in [1.82, 2.24) is 10.2 Å². The minimum Gasteiger partial charge on any atom is -0.359 e. The Morgan fingerprint density at radius 1 is 1.06 bits per heavy atom. The molecule has 31 heavy (non-hydrogen) atoms. The molecule has 0 saturated carbocycles. The molecule has 4 rings (SSSR count). The molecule has 0 unspecified atom stereocenters. The van der Waals surface area contributed by atoms with Crippen LogP contribution in [0.5, 0.6) is 0 Å². The van der Waals surface area contributed by atoms with E-state index in [0.29, 0.717) is 25.9 Å². The molecule has 0 bridgehead atoms. The van der Waals surface area contributed by atoms with Crippen LogP contribution in [0, 0.1) is 5.41 Å². The fraction of sp³-hybridized carbons (Fsp3) is 0.308. The standard InChI is InChI=1S/C26H28N2O2S/c1-19(21-6-4-3-5-7-21)24(29)28-14-13-26(18-28,25(30)27-2)16-20-8-10-22(11-9-20)23-12-15-31-17-23/h3-12,15,17,19H,13-14,16,18H2,1-2H3,(H,27,30)/t19-,26-/m1/s1. The van der Waals surface area contributed by atoms with Crippen molar-refractivity contribution < 1.29 is 9.59 Å². The van der Waals surface area contributed by atoms with E-state index in [1.807, 2.05) is 42.2 Å². The lowest BCUT2D eigenvalue weighted by molar-refractivity contribution is -0.133. The zero-order valence-corrected chi connectivity index (χ0v) is 18.8. The van der Waals surface area contributed by atoms with E-state index < -0.39 is 5.41 Å². The summed E-state index contributed by atoms with van der Waals surface area (Å²) in [6, 6.07) is 20.4. The lowest BCUT2D eigenvalue weighted by Gasteiger charge is -2.28. The van der Waals surface area contributed by atoms with Gasteiger partial charge in [-0.15, -0.1) is 0 Å². The number of rotatable bonds is 6. The van der Waals surface area contributed by atoms with Gasteiger partial charge in [-0.25, -0.2) is 0 Å². The molecule has 160 valence electrons. The molecular weight excluding hydrogens is 404 g/mol. The first kappa shape index (κ1) is 21.3. The Morgan fingerprint density at radius 3 is 2.45 bits per heavy atom. The van der Waals surface area contributed by atoms with Crippen molar-refractivity contribution in [2.45, 2.75) is 25.7 Å². The van der Waals surface area contributed by atoms with Crippen molar-refractivity contribution in [3.63, 3.8) is 0 Å². The van der Waals surface area contributed by atoms with E-state index in [0.717, 1.165) is 11.1 Å². The molecule has 0 aliphatic carbocycles. The topological polar surface area (TPSA) is 49.4 Å². The zero-order chi connectivity index (χ0) is 21.8. The van der Waals surface area contributed by atoms with Crippen LogP contribution in [0.3, 0.4) is 0 Å². The van der Waals surface area contributed by atoms with E-state index in [-0.39, 0.29) is 17.7 Å². The molecule has 2 aromatic carbocycles. The van der Waals surface area contributed by atoms with Gasteiger partial charge < -0.3 is 10.2 Å². The van der Waals surface area contributed by atoms with Gasteiger partial charge in [-0.3, -0.25) is 9.59 Å². The van der Waals surface area contributed by atoms with Gasteiger partial charge in [0.05, 0.1) is 11.3 Å². The molecule has 0 radical (unpaired) electrons. The Balaban J connectivity index is 1.51. The fourth-order valence-electron chi connectivity index (χ4n) is 4.53. The van der Waals surface area contributed by atoms with Crippen molar-refractivity contribution in [3.8, 4) is 11.1 Å². The van der Waals surface area contributed by atoms with Gasteiger partial charge in [0, 0.05) is 20.1 Å². The molecule has 2 atom stereocenters. The van der Waals surface area contributed by atoms with E-state index in [1.165, 1.54) is 11.1 Å². The lowest BCUT2D eigenvalue weighted by atomic mass is 9.79. The number of carbonyl (C=O) groups excluding carboxylic acids is 2. The van der Waals surface area contributed by atoms with Crippen LogP contribution in [0.2, 0.25) is 0 Å². The van der Waals surface area contributed by atoms with Crippen molar-refractivity contribution in [2.75, 3.05) is 20.1 Å². The first-order valence-corrected chi connectivity index (χ1v) is 11.6. The van der Waals surface area contributed by atoms with Crippen LogP contribution in [-0.4, -0.2) is 36.9 Å². The molecule has 5 heteroatoms. The maximum absolute atomic E-state index is 13.2. The van der Waals surface area contributed by atoms with Crippen LogP contribution in [-0.2, 0) is 16.0 Å². The first-order valence-electron chi connectivity index (χ1n) is 10.7. The van der Waals surface area contributed by atoms with Gasteiger partial charge in [0.2, 0.25) is 11.8 Å². The monoisotopic (exact) mass is 432 g/mol. The van der Waals surface area contributed by atoms with Crippen LogP contribution in [0.4, 0.5) is 0 Å². The number of hydrogen-bond acceptors (Lipinski definition) is 3. The average molecular weight is 433 g/mol. The zero-order valence-electron chi connectivity index (χ0n) is 18.0. The van der Waals surface area contributed by atoms with E-state index in [9.17, 15) is 9.59 Å². The number of likely N-dealkylation sites (tertiary alicyclic amines) is 1.